The molecule has 3 nitrogen and oxygen atoms in total. The Morgan fingerprint density at radius 2 is 2.14 bits per heavy atom. The second-order valence-corrected chi connectivity index (χ2v) is 4.81. The van der Waals surface area contributed by atoms with Crippen molar-refractivity contribution in [1.29, 1.82) is 0 Å². The molecule has 0 radical (unpaired) electrons. The number of nitrogens with zero attached hydrogens (tertiary/aromatic N) is 2. The largest absolute Gasteiger partial charge is 0.350 e. The molecule has 0 saturated heterocycles. The molecule has 0 spiro atoms. The third kappa shape index (κ3) is 1.46. The summed E-state index contributed by atoms with van der Waals surface area (Å²) in [5, 5.41) is 4.47. The van der Waals surface area contributed by atoms with E-state index in [2.05, 4.69) is 30.9 Å². The van der Waals surface area contributed by atoms with Gasteiger partial charge in [-0.25, -0.2) is 4.52 Å². The molecule has 4 heteroatoms. The fraction of sp³-hybridized carbons (Fsp3) is 0.400. The van der Waals surface area contributed by atoms with Gasteiger partial charge in [0.25, 0.3) is 0 Å². The molecule has 2 aromatic rings. The van der Waals surface area contributed by atoms with E-state index < -0.39 is 0 Å². The number of fused-ring (bicyclic) bond motifs is 1. The van der Waals surface area contributed by atoms with Gasteiger partial charge in [-0.1, -0.05) is 33.0 Å². The molecule has 74 valence electrons. The van der Waals surface area contributed by atoms with Gasteiger partial charge in [0.15, 0.2) is 0 Å². The highest BCUT2D eigenvalue weighted by Crippen LogP contribution is 2.21. The van der Waals surface area contributed by atoms with Crippen LogP contribution in [0, 0.1) is 4.64 Å². The lowest BCUT2D eigenvalue weighted by Crippen LogP contribution is -2.11. The lowest BCUT2D eigenvalue weighted by atomic mass is 9.92. The topological polar surface area (TPSA) is 33.1 Å². The lowest BCUT2D eigenvalue weighted by molar-refractivity contribution is 0.562. The lowest BCUT2D eigenvalue weighted by Gasteiger charge is -2.13. The van der Waals surface area contributed by atoms with Crippen molar-refractivity contribution in [3.05, 3.63) is 28.8 Å². The zero-order valence-corrected chi connectivity index (χ0v) is 9.35. The number of hydrogen-bond donors (Lipinski definition) is 1. The molecule has 0 amide bonds. The number of H-pyrrole nitrogens is 1. The summed E-state index contributed by atoms with van der Waals surface area (Å²) in [6, 6.07) is 2.04. The second-order valence-electron chi connectivity index (χ2n) is 4.40. The Balaban J connectivity index is 2.75. The Kier molecular flexibility index (Phi) is 1.96. The summed E-state index contributed by atoms with van der Waals surface area (Å²) >= 11 is 5.17. The average molecular weight is 207 g/mol. The third-order valence-corrected chi connectivity index (χ3v) is 2.49. The monoisotopic (exact) mass is 207 g/mol. The Bertz CT molecular complexity index is 516. The smallest absolute Gasteiger partial charge is 0.129 e. The van der Waals surface area contributed by atoms with Gasteiger partial charge >= 0.3 is 0 Å². The maximum atomic E-state index is 5.17. The van der Waals surface area contributed by atoms with Crippen LogP contribution in [-0.4, -0.2) is 14.6 Å². The van der Waals surface area contributed by atoms with Gasteiger partial charge in [0.05, 0.1) is 5.69 Å². The predicted molar refractivity (Wildman–Crippen MR) is 59.1 cm³/mol. The molecular weight excluding hydrogens is 194 g/mol. The number of aromatic amines is 1. The van der Waals surface area contributed by atoms with Crippen LogP contribution < -0.4 is 0 Å². The molecule has 0 aliphatic carbocycles. The first-order chi connectivity index (χ1) is 6.48. The summed E-state index contributed by atoms with van der Waals surface area (Å²) in [4.78, 5) is 2.99. The van der Waals surface area contributed by atoms with Crippen molar-refractivity contribution in [3.63, 3.8) is 0 Å². The van der Waals surface area contributed by atoms with E-state index in [0.717, 1.165) is 15.9 Å². The van der Waals surface area contributed by atoms with Gasteiger partial charge in [-0.05, 0) is 6.07 Å². The fourth-order valence-corrected chi connectivity index (χ4v) is 1.52. The van der Waals surface area contributed by atoms with Gasteiger partial charge < -0.3 is 4.98 Å². The maximum absolute atomic E-state index is 5.17. The van der Waals surface area contributed by atoms with Crippen LogP contribution in [0.15, 0.2) is 18.5 Å². The number of hydrogen-bond acceptors (Lipinski definition) is 2. The van der Waals surface area contributed by atoms with Crippen molar-refractivity contribution < 1.29 is 0 Å². The Morgan fingerprint density at radius 1 is 1.43 bits per heavy atom. The van der Waals surface area contributed by atoms with E-state index in [4.69, 9.17) is 12.2 Å². The molecule has 0 fully saturated rings. The highest BCUT2D eigenvalue weighted by atomic mass is 32.1. The van der Waals surface area contributed by atoms with Gasteiger partial charge in [-0.15, -0.1) is 0 Å². The van der Waals surface area contributed by atoms with Crippen LogP contribution in [0.25, 0.3) is 5.52 Å². The molecule has 0 unspecified atom stereocenters. The van der Waals surface area contributed by atoms with Crippen LogP contribution in [-0.2, 0) is 5.41 Å². The molecule has 0 aliphatic rings. The quantitative estimate of drug-likeness (QED) is 0.674. The van der Waals surface area contributed by atoms with E-state index >= 15 is 0 Å². The van der Waals surface area contributed by atoms with E-state index in [-0.39, 0.29) is 5.41 Å². The first-order valence-electron chi connectivity index (χ1n) is 4.56. The van der Waals surface area contributed by atoms with Crippen LogP contribution in [0.5, 0.6) is 0 Å². The van der Waals surface area contributed by atoms with Crippen molar-refractivity contribution in [3.8, 4) is 0 Å². The zero-order valence-electron chi connectivity index (χ0n) is 8.53. The minimum atomic E-state index is 0.0633. The summed E-state index contributed by atoms with van der Waals surface area (Å²) < 4.78 is 2.55. The standard InChI is InChI=1S/C10H13N3S/c1-10(2,3)8-6-7-9(14)11-4-5-13(7)12-8/h4-6H,1-3H3,(H,11,14). The average Bonchev–Trinajstić information content (AvgIpc) is 2.48. The molecule has 0 aliphatic heterocycles. The van der Waals surface area contributed by atoms with Crippen LogP contribution >= 0.6 is 12.2 Å². The minimum Gasteiger partial charge on any atom is -0.350 e. The molecule has 14 heavy (non-hydrogen) atoms. The number of nitrogens with one attached hydrogen (secondary N) is 1. The molecule has 2 aromatic heterocycles. The van der Waals surface area contributed by atoms with Crippen molar-refractivity contribution >= 4 is 17.7 Å². The van der Waals surface area contributed by atoms with E-state index in [1.807, 2.05) is 16.8 Å². The van der Waals surface area contributed by atoms with E-state index in [0.29, 0.717) is 0 Å². The number of rotatable bonds is 0. The normalized spacial score (nSPS) is 12.2. The molecule has 2 rings (SSSR count). The van der Waals surface area contributed by atoms with Crippen LogP contribution in [0.4, 0.5) is 0 Å². The Hall–Kier alpha value is -1.16. The molecule has 0 aromatic carbocycles. The molecule has 1 N–H and O–H groups in total. The van der Waals surface area contributed by atoms with Crippen molar-refractivity contribution in [2.24, 2.45) is 0 Å². The Morgan fingerprint density at radius 3 is 2.71 bits per heavy atom. The van der Waals surface area contributed by atoms with E-state index in [9.17, 15) is 0 Å². The fourth-order valence-electron chi connectivity index (χ4n) is 1.30. The first-order valence-corrected chi connectivity index (χ1v) is 4.97. The molecule has 0 saturated carbocycles. The summed E-state index contributed by atoms with van der Waals surface area (Å²) in [7, 11) is 0. The molecule has 0 atom stereocenters. The van der Waals surface area contributed by atoms with E-state index in [1.54, 1.807) is 6.20 Å². The Labute approximate surface area is 87.8 Å². The van der Waals surface area contributed by atoms with Gasteiger partial charge in [0, 0.05) is 17.8 Å². The van der Waals surface area contributed by atoms with Gasteiger partial charge in [-0.3, -0.25) is 0 Å². The van der Waals surface area contributed by atoms with E-state index in [1.165, 1.54) is 0 Å². The second kappa shape index (κ2) is 2.92. The van der Waals surface area contributed by atoms with Crippen LogP contribution in [0.3, 0.4) is 0 Å². The summed E-state index contributed by atoms with van der Waals surface area (Å²) in [6.45, 7) is 6.42. The van der Waals surface area contributed by atoms with Crippen LogP contribution in [0.1, 0.15) is 26.5 Å². The number of aromatic nitrogens is 3. The first kappa shape index (κ1) is 9.40. The minimum absolute atomic E-state index is 0.0633. The summed E-state index contributed by atoms with van der Waals surface area (Å²) in [5.41, 5.74) is 2.09. The zero-order chi connectivity index (χ0) is 10.3. The van der Waals surface area contributed by atoms with Crippen molar-refractivity contribution in [2.75, 3.05) is 0 Å². The van der Waals surface area contributed by atoms with Crippen molar-refractivity contribution in [2.45, 2.75) is 26.2 Å². The van der Waals surface area contributed by atoms with Gasteiger partial charge in [-0.2, -0.15) is 5.10 Å². The molecule has 0 bridgehead atoms. The maximum Gasteiger partial charge on any atom is 0.129 e. The third-order valence-electron chi connectivity index (χ3n) is 2.17. The SMILES string of the molecule is CC(C)(C)c1cc2c(=S)[nH]ccn2n1. The molecular formula is C10H13N3S. The highest BCUT2D eigenvalue weighted by Gasteiger charge is 2.17. The van der Waals surface area contributed by atoms with Gasteiger partial charge in [0.2, 0.25) is 0 Å². The predicted octanol–water partition coefficient (Wildman–Crippen LogP) is 2.69. The van der Waals surface area contributed by atoms with Crippen LogP contribution in [0.2, 0.25) is 0 Å². The highest BCUT2D eigenvalue weighted by molar-refractivity contribution is 7.71. The van der Waals surface area contributed by atoms with Gasteiger partial charge in [0.1, 0.15) is 10.2 Å². The summed E-state index contributed by atoms with van der Waals surface area (Å²) in [6.07, 6.45) is 3.68. The molecule has 2 heterocycles. The summed E-state index contributed by atoms with van der Waals surface area (Å²) in [5.74, 6) is 0. The van der Waals surface area contributed by atoms with Crippen molar-refractivity contribution in [1.82, 2.24) is 14.6 Å².